The van der Waals surface area contributed by atoms with Gasteiger partial charge in [0.05, 0.1) is 17.8 Å². The second-order valence-corrected chi connectivity index (χ2v) is 6.31. The summed E-state index contributed by atoms with van der Waals surface area (Å²) in [6, 6.07) is 2.92. The van der Waals surface area contributed by atoms with E-state index in [4.69, 9.17) is 4.52 Å². The second kappa shape index (κ2) is 7.26. The van der Waals surface area contributed by atoms with Crippen LogP contribution in [0.2, 0.25) is 0 Å². The number of carbonyl (C=O) groups is 1. The molecule has 8 heteroatoms. The van der Waals surface area contributed by atoms with E-state index in [1.54, 1.807) is 6.92 Å². The Balaban J connectivity index is 1.68. The number of aromatic nitrogens is 2. The van der Waals surface area contributed by atoms with Crippen LogP contribution in [0.25, 0.3) is 0 Å². The lowest BCUT2D eigenvalue weighted by Gasteiger charge is -2.35. The fraction of sp³-hybridized carbons (Fsp3) is 0.471. The van der Waals surface area contributed by atoms with Gasteiger partial charge in [0, 0.05) is 13.0 Å². The molecule has 1 aliphatic rings. The third kappa shape index (κ3) is 4.01. The van der Waals surface area contributed by atoms with Crippen LogP contribution in [-0.2, 0) is 10.3 Å². The van der Waals surface area contributed by atoms with E-state index in [1.807, 2.05) is 0 Å². The smallest absolute Gasteiger partial charge is 0.238 e. The van der Waals surface area contributed by atoms with Crippen LogP contribution >= 0.6 is 0 Å². The summed E-state index contributed by atoms with van der Waals surface area (Å²) < 4.78 is 31.9. The molecular formula is C17H20F2N4O2. The first kappa shape index (κ1) is 17.5. The largest absolute Gasteiger partial charge is 0.340 e. The van der Waals surface area contributed by atoms with Crippen molar-refractivity contribution < 1.29 is 18.1 Å². The molecule has 0 atom stereocenters. The third-order valence-corrected chi connectivity index (χ3v) is 4.45. The molecule has 1 heterocycles. The maximum atomic E-state index is 13.6. The lowest BCUT2D eigenvalue weighted by Crippen LogP contribution is -2.48. The van der Waals surface area contributed by atoms with Crippen LogP contribution in [0.1, 0.15) is 43.8 Å². The Morgan fingerprint density at radius 2 is 2.04 bits per heavy atom. The highest BCUT2D eigenvalue weighted by Crippen LogP contribution is 2.35. The van der Waals surface area contributed by atoms with E-state index in [0.717, 1.165) is 50.3 Å². The molecular weight excluding hydrogens is 330 g/mol. The van der Waals surface area contributed by atoms with Gasteiger partial charge in [-0.3, -0.25) is 10.1 Å². The highest BCUT2D eigenvalue weighted by atomic mass is 19.1. The van der Waals surface area contributed by atoms with Crippen LogP contribution in [-0.4, -0.2) is 22.6 Å². The van der Waals surface area contributed by atoms with Gasteiger partial charge in [-0.2, -0.15) is 4.98 Å². The van der Waals surface area contributed by atoms with Gasteiger partial charge in [0.1, 0.15) is 11.6 Å². The molecule has 1 aromatic heterocycles. The van der Waals surface area contributed by atoms with Crippen molar-refractivity contribution in [3.63, 3.8) is 0 Å². The third-order valence-electron chi connectivity index (χ3n) is 4.45. The molecule has 1 fully saturated rings. The average Bonchev–Trinajstić information content (AvgIpc) is 3.04. The Labute approximate surface area is 144 Å². The molecule has 0 aliphatic heterocycles. The molecule has 134 valence electrons. The minimum atomic E-state index is -0.684. The van der Waals surface area contributed by atoms with Gasteiger partial charge in [-0.15, -0.1) is 0 Å². The first-order chi connectivity index (χ1) is 12.0. The minimum Gasteiger partial charge on any atom is -0.340 e. The molecule has 0 bridgehead atoms. The van der Waals surface area contributed by atoms with Gasteiger partial charge < -0.3 is 9.84 Å². The molecule has 0 spiro atoms. The standard InChI is InChI=1S/C17H20F2N4O2/c1-11-21-16(23-25-11)17(7-3-2-4-8-17)20-10-15(24)22-14-9-12(18)5-6-13(14)19/h5-6,9,20H,2-4,7-8,10H2,1H3,(H,22,24). The maximum absolute atomic E-state index is 13.6. The fourth-order valence-electron chi connectivity index (χ4n) is 3.17. The molecule has 1 saturated carbocycles. The number of nitrogens with zero attached hydrogens (tertiary/aromatic N) is 2. The second-order valence-electron chi connectivity index (χ2n) is 6.31. The van der Waals surface area contributed by atoms with Crippen LogP contribution in [0.3, 0.4) is 0 Å². The SMILES string of the molecule is Cc1nc(C2(NCC(=O)Nc3cc(F)ccc3F)CCCCC2)no1. The van der Waals surface area contributed by atoms with E-state index in [9.17, 15) is 13.6 Å². The quantitative estimate of drug-likeness (QED) is 0.866. The van der Waals surface area contributed by atoms with Crippen molar-refractivity contribution in [2.24, 2.45) is 0 Å². The predicted molar refractivity (Wildman–Crippen MR) is 86.8 cm³/mol. The maximum Gasteiger partial charge on any atom is 0.238 e. The number of rotatable bonds is 5. The normalized spacial score (nSPS) is 16.6. The van der Waals surface area contributed by atoms with Gasteiger partial charge in [-0.25, -0.2) is 8.78 Å². The van der Waals surface area contributed by atoms with Crippen molar-refractivity contribution in [1.82, 2.24) is 15.5 Å². The Hall–Kier alpha value is -2.35. The number of anilines is 1. The molecule has 2 aromatic rings. The zero-order valence-electron chi connectivity index (χ0n) is 13.9. The molecule has 1 aromatic carbocycles. The predicted octanol–water partition coefficient (Wildman–Crippen LogP) is 3.04. The first-order valence-electron chi connectivity index (χ1n) is 8.29. The Bertz CT molecular complexity index is 757. The number of benzene rings is 1. The van der Waals surface area contributed by atoms with Crippen molar-refractivity contribution in [2.75, 3.05) is 11.9 Å². The van der Waals surface area contributed by atoms with Gasteiger partial charge in [-0.05, 0) is 25.0 Å². The van der Waals surface area contributed by atoms with Crippen LogP contribution < -0.4 is 10.6 Å². The van der Waals surface area contributed by atoms with E-state index in [-0.39, 0.29) is 12.2 Å². The van der Waals surface area contributed by atoms with E-state index < -0.39 is 23.1 Å². The zero-order valence-corrected chi connectivity index (χ0v) is 13.9. The highest BCUT2D eigenvalue weighted by Gasteiger charge is 2.38. The van der Waals surface area contributed by atoms with Crippen molar-refractivity contribution in [3.05, 3.63) is 41.5 Å². The van der Waals surface area contributed by atoms with Crippen LogP contribution in [0.5, 0.6) is 0 Å². The van der Waals surface area contributed by atoms with Crippen LogP contribution in [0, 0.1) is 18.6 Å². The minimum absolute atomic E-state index is 0.0659. The Kier molecular flexibility index (Phi) is 5.08. The van der Waals surface area contributed by atoms with E-state index in [1.165, 1.54) is 0 Å². The van der Waals surface area contributed by atoms with Crippen LogP contribution in [0.15, 0.2) is 22.7 Å². The number of nitrogens with one attached hydrogen (secondary N) is 2. The van der Waals surface area contributed by atoms with E-state index in [0.29, 0.717) is 11.7 Å². The van der Waals surface area contributed by atoms with E-state index in [2.05, 4.69) is 20.8 Å². The molecule has 6 nitrogen and oxygen atoms in total. The summed E-state index contributed by atoms with van der Waals surface area (Å²) in [4.78, 5) is 16.5. The van der Waals surface area contributed by atoms with Gasteiger partial charge in [0.25, 0.3) is 0 Å². The van der Waals surface area contributed by atoms with Crippen molar-refractivity contribution in [2.45, 2.75) is 44.6 Å². The summed E-state index contributed by atoms with van der Waals surface area (Å²) in [5.41, 5.74) is -0.715. The molecule has 1 aliphatic carbocycles. The first-order valence-corrected chi connectivity index (χ1v) is 8.29. The van der Waals surface area contributed by atoms with Gasteiger partial charge in [0.15, 0.2) is 5.82 Å². The molecule has 0 saturated heterocycles. The number of amides is 1. The molecule has 0 unspecified atom stereocenters. The lowest BCUT2D eigenvalue weighted by atomic mass is 9.81. The fourth-order valence-corrected chi connectivity index (χ4v) is 3.17. The van der Waals surface area contributed by atoms with Gasteiger partial charge >= 0.3 is 0 Å². The molecule has 1 amide bonds. The summed E-state index contributed by atoms with van der Waals surface area (Å²) in [6.45, 7) is 1.65. The Morgan fingerprint density at radius 1 is 1.28 bits per heavy atom. The van der Waals surface area contributed by atoms with Crippen LogP contribution in [0.4, 0.5) is 14.5 Å². The highest BCUT2D eigenvalue weighted by molar-refractivity contribution is 5.92. The molecule has 3 rings (SSSR count). The monoisotopic (exact) mass is 350 g/mol. The molecule has 2 N–H and O–H groups in total. The Morgan fingerprint density at radius 3 is 2.72 bits per heavy atom. The van der Waals surface area contributed by atoms with E-state index >= 15 is 0 Å². The number of halogens is 2. The number of carbonyl (C=O) groups excluding carboxylic acids is 1. The number of hydrogen-bond acceptors (Lipinski definition) is 5. The van der Waals surface area contributed by atoms with Crippen molar-refractivity contribution >= 4 is 11.6 Å². The zero-order chi connectivity index (χ0) is 17.9. The molecule has 25 heavy (non-hydrogen) atoms. The average molecular weight is 350 g/mol. The topological polar surface area (TPSA) is 80.0 Å². The van der Waals surface area contributed by atoms with Crippen molar-refractivity contribution in [3.8, 4) is 0 Å². The molecule has 0 radical (unpaired) electrons. The summed E-state index contributed by atoms with van der Waals surface area (Å²) in [5.74, 6) is -0.760. The van der Waals surface area contributed by atoms with Crippen molar-refractivity contribution in [1.29, 1.82) is 0 Å². The number of hydrogen-bond donors (Lipinski definition) is 2. The summed E-state index contributed by atoms with van der Waals surface area (Å²) in [6.07, 6.45) is 4.66. The number of aryl methyl sites for hydroxylation is 1. The summed E-state index contributed by atoms with van der Waals surface area (Å²) in [5, 5.41) is 9.60. The van der Waals surface area contributed by atoms with Gasteiger partial charge in [0.2, 0.25) is 11.8 Å². The lowest BCUT2D eigenvalue weighted by molar-refractivity contribution is -0.115. The van der Waals surface area contributed by atoms with Gasteiger partial charge in [-0.1, -0.05) is 24.4 Å². The summed E-state index contributed by atoms with van der Waals surface area (Å²) >= 11 is 0. The summed E-state index contributed by atoms with van der Waals surface area (Å²) in [7, 11) is 0.